The van der Waals surface area contributed by atoms with Gasteiger partial charge in [0.05, 0.1) is 19.2 Å². The molecule has 3 aromatic rings. The fraction of sp³-hybridized carbons (Fsp3) is 0.238. The summed E-state index contributed by atoms with van der Waals surface area (Å²) >= 11 is 0. The number of aryl methyl sites for hydroxylation is 2. The average Bonchev–Trinajstić information content (AvgIpc) is 2.68. The van der Waals surface area contributed by atoms with Crippen molar-refractivity contribution in [3.63, 3.8) is 0 Å². The van der Waals surface area contributed by atoms with Crippen LogP contribution in [0, 0.1) is 6.92 Å². The van der Waals surface area contributed by atoms with Crippen LogP contribution in [0.1, 0.15) is 15.9 Å². The van der Waals surface area contributed by atoms with E-state index in [9.17, 15) is 9.59 Å². The summed E-state index contributed by atoms with van der Waals surface area (Å²) in [5.41, 5.74) is 1.41. The molecule has 0 spiro atoms. The number of hydrogen-bond acceptors (Lipinski definition) is 4. The van der Waals surface area contributed by atoms with E-state index in [-0.39, 0.29) is 11.5 Å². The van der Waals surface area contributed by atoms with E-state index >= 15 is 0 Å². The van der Waals surface area contributed by atoms with E-state index in [4.69, 9.17) is 9.47 Å². The molecule has 1 heterocycles. The van der Waals surface area contributed by atoms with Crippen molar-refractivity contribution < 1.29 is 14.3 Å². The second-order valence-electron chi connectivity index (χ2n) is 6.26. The van der Waals surface area contributed by atoms with Crippen LogP contribution in [0.25, 0.3) is 10.8 Å². The Morgan fingerprint density at radius 1 is 1.11 bits per heavy atom. The van der Waals surface area contributed by atoms with E-state index in [1.54, 1.807) is 38.6 Å². The summed E-state index contributed by atoms with van der Waals surface area (Å²) in [4.78, 5) is 24.8. The van der Waals surface area contributed by atoms with Gasteiger partial charge in [0.15, 0.2) is 11.5 Å². The molecule has 0 aliphatic carbocycles. The van der Waals surface area contributed by atoms with Gasteiger partial charge in [-0.2, -0.15) is 0 Å². The van der Waals surface area contributed by atoms with Gasteiger partial charge in [0, 0.05) is 24.0 Å². The van der Waals surface area contributed by atoms with Crippen LogP contribution < -0.4 is 20.3 Å². The number of nitrogens with zero attached hydrogens (tertiary/aromatic N) is 1. The maximum atomic E-state index is 12.6. The van der Waals surface area contributed by atoms with E-state index in [0.717, 1.165) is 5.56 Å². The molecule has 27 heavy (non-hydrogen) atoms. The van der Waals surface area contributed by atoms with Crippen molar-refractivity contribution in [3.05, 3.63) is 70.1 Å². The highest BCUT2D eigenvalue weighted by Crippen LogP contribution is 2.27. The number of benzene rings is 2. The standard InChI is InChI=1S/C21H22N2O4/c1-14-8-9-18(19(12-14)26-3)27-11-10-22-20(24)17-13-23(2)21(25)16-7-5-4-6-15(16)17/h4-9,12-13H,10-11H2,1-3H3,(H,22,24). The Kier molecular flexibility index (Phi) is 5.45. The minimum Gasteiger partial charge on any atom is -0.493 e. The van der Waals surface area contributed by atoms with E-state index in [2.05, 4.69) is 5.32 Å². The number of ether oxygens (including phenoxy) is 2. The first kappa shape index (κ1) is 18.5. The predicted molar refractivity (Wildman–Crippen MR) is 105 cm³/mol. The molecule has 1 amide bonds. The second-order valence-corrected chi connectivity index (χ2v) is 6.26. The lowest BCUT2D eigenvalue weighted by molar-refractivity contribution is 0.0947. The van der Waals surface area contributed by atoms with Gasteiger partial charge in [-0.3, -0.25) is 9.59 Å². The number of amides is 1. The van der Waals surface area contributed by atoms with Crippen LogP contribution in [0.2, 0.25) is 0 Å². The van der Waals surface area contributed by atoms with Gasteiger partial charge in [-0.05, 0) is 30.7 Å². The van der Waals surface area contributed by atoms with Crippen molar-refractivity contribution >= 4 is 16.7 Å². The third-order valence-electron chi connectivity index (χ3n) is 4.30. The summed E-state index contributed by atoms with van der Waals surface area (Å²) in [6, 6.07) is 12.8. The minimum atomic E-state index is -0.249. The van der Waals surface area contributed by atoms with Gasteiger partial charge in [0.1, 0.15) is 6.61 Å². The molecule has 6 heteroatoms. The van der Waals surface area contributed by atoms with Gasteiger partial charge in [-0.1, -0.05) is 24.3 Å². The van der Waals surface area contributed by atoms with Gasteiger partial charge >= 0.3 is 0 Å². The number of fused-ring (bicyclic) bond motifs is 1. The summed E-state index contributed by atoms with van der Waals surface area (Å²) in [6.45, 7) is 2.60. The molecule has 1 N–H and O–H groups in total. The van der Waals surface area contributed by atoms with Crippen molar-refractivity contribution in [1.29, 1.82) is 0 Å². The highest BCUT2D eigenvalue weighted by molar-refractivity contribution is 6.06. The fourth-order valence-corrected chi connectivity index (χ4v) is 2.91. The molecular weight excluding hydrogens is 344 g/mol. The summed E-state index contributed by atoms with van der Waals surface area (Å²) < 4.78 is 12.4. The van der Waals surface area contributed by atoms with Crippen molar-refractivity contribution in [2.45, 2.75) is 6.92 Å². The molecule has 0 radical (unpaired) electrons. The Morgan fingerprint density at radius 3 is 2.59 bits per heavy atom. The first-order valence-electron chi connectivity index (χ1n) is 8.65. The van der Waals surface area contributed by atoms with E-state index in [0.29, 0.717) is 41.0 Å². The van der Waals surface area contributed by atoms with Gasteiger partial charge in [-0.15, -0.1) is 0 Å². The third kappa shape index (κ3) is 3.95. The molecule has 0 bridgehead atoms. The van der Waals surface area contributed by atoms with Crippen LogP contribution in [-0.2, 0) is 7.05 Å². The molecule has 6 nitrogen and oxygen atoms in total. The first-order valence-corrected chi connectivity index (χ1v) is 8.65. The van der Waals surface area contributed by atoms with Gasteiger partial charge in [0.2, 0.25) is 0 Å². The molecule has 0 saturated heterocycles. The van der Waals surface area contributed by atoms with E-state index < -0.39 is 0 Å². The summed E-state index contributed by atoms with van der Waals surface area (Å²) in [5.74, 6) is 1.04. The van der Waals surface area contributed by atoms with Crippen LogP contribution in [0.5, 0.6) is 11.5 Å². The lowest BCUT2D eigenvalue weighted by atomic mass is 10.1. The lowest BCUT2D eigenvalue weighted by Crippen LogP contribution is -2.30. The number of rotatable bonds is 6. The molecule has 0 aliphatic heterocycles. The maximum absolute atomic E-state index is 12.6. The van der Waals surface area contributed by atoms with Gasteiger partial charge < -0.3 is 19.4 Å². The van der Waals surface area contributed by atoms with E-state index in [1.807, 2.05) is 31.2 Å². The molecule has 0 unspecified atom stereocenters. The molecule has 2 aromatic carbocycles. The Hall–Kier alpha value is -3.28. The molecule has 140 valence electrons. The molecule has 0 fully saturated rings. The monoisotopic (exact) mass is 366 g/mol. The zero-order chi connectivity index (χ0) is 19.4. The van der Waals surface area contributed by atoms with Gasteiger partial charge in [0.25, 0.3) is 11.5 Å². The topological polar surface area (TPSA) is 69.6 Å². The zero-order valence-corrected chi connectivity index (χ0v) is 15.6. The molecule has 1 aromatic heterocycles. The summed E-state index contributed by atoms with van der Waals surface area (Å²) in [5, 5.41) is 4.00. The van der Waals surface area contributed by atoms with Crippen LogP contribution in [0.3, 0.4) is 0 Å². The highest BCUT2D eigenvalue weighted by Gasteiger charge is 2.13. The molecule has 0 saturated carbocycles. The number of aromatic nitrogens is 1. The number of carbonyl (C=O) groups excluding carboxylic acids is 1. The maximum Gasteiger partial charge on any atom is 0.258 e. The average molecular weight is 366 g/mol. The second kappa shape index (κ2) is 7.95. The summed E-state index contributed by atoms with van der Waals surface area (Å²) in [7, 11) is 3.23. The quantitative estimate of drug-likeness (QED) is 0.681. The van der Waals surface area contributed by atoms with Crippen LogP contribution in [0.15, 0.2) is 53.5 Å². The highest BCUT2D eigenvalue weighted by atomic mass is 16.5. The Morgan fingerprint density at radius 2 is 1.85 bits per heavy atom. The largest absolute Gasteiger partial charge is 0.493 e. The Bertz CT molecular complexity index is 1040. The van der Waals surface area contributed by atoms with Crippen molar-refractivity contribution in [2.24, 2.45) is 7.05 Å². The predicted octanol–water partition coefficient (Wildman–Crippen LogP) is 2.66. The van der Waals surface area contributed by atoms with E-state index in [1.165, 1.54) is 4.57 Å². The molecule has 0 aliphatic rings. The first-order chi connectivity index (χ1) is 13.0. The number of hydrogen-bond donors (Lipinski definition) is 1. The number of carbonyl (C=O) groups is 1. The van der Waals surface area contributed by atoms with Crippen LogP contribution in [0.4, 0.5) is 0 Å². The SMILES string of the molecule is COc1cc(C)ccc1OCCNC(=O)c1cn(C)c(=O)c2ccccc12. The lowest BCUT2D eigenvalue weighted by Gasteiger charge is -2.13. The smallest absolute Gasteiger partial charge is 0.258 e. The Labute approximate surface area is 157 Å². The zero-order valence-electron chi connectivity index (χ0n) is 15.6. The van der Waals surface area contributed by atoms with Crippen molar-refractivity contribution in [1.82, 2.24) is 9.88 Å². The minimum absolute atomic E-state index is 0.128. The van der Waals surface area contributed by atoms with Crippen molar-refractivity contribution in [2.75, 3.05) is 20.3 Å². The molecule has 3 rings (SSSR count). The Balaban J connectivity index is 1.68. The number of pyridine rings is 1. The fourth-order valence-electron chi connectivity index (χ4n) is 2.91. The van der Waals surface area contributed by atoms with Gasteiger partial charge in [-0.25, -0.2) is 0 Å². The number of methoxy groups -OCH3 is 1. The van der Waals surface area contributed by atoms with Crippen LogP contribution >= 0.6 is 0 Å². The number of nitrogens with one attached hydrogen (secondary N) is 1. The van der Waals surface area contributed by atoms with Crippen LogP contribution in [-0.4, -0.2) is 30.7 Å². The van der Waals surface area contributed by atoms with Crippen molar-refractivity contribution in [3.8, 4) is 11.5 Å². The molecular formula is C21H22N2O4. The summed E-state index contributed by atoms with van der Waals surface area (Å²) in [6.07, 6.45) is 1.56. The normalized spacial score (nSPS) is 10.6. The third-order valence-corrected chi connectivity index (χ3v) is 4.30. The molecule has 0 atom stereocenters.